The second-order valence-electron chi connectivity index (χ2n) is 4.93. The number of fused-ring (bicyclic) bond motifs is 1. The van der Waals surface area contributed by atoms with E-state index in [0.29, 0.717) is 22.9 Å². The van der Waals surface area contributed by atoms with E-state index in [1.165, 1.54) is 7.11 Å². The van der Waals surface area contributed by atoms with Crippen LogP contribution < -0.4 is 4.74 Å². The molecule has 0 aliphatic carbocycles. The summed E-state index contributed by atoms with van der Waals surface area (Å²) in [5, 5.41) is 1.49. The maximum Gasteiger partial charge on any atom is 0.356 e. The summed E-state index contributed by atoms with van der Waals surface area (Å²) in [6.07, 6.45) is 0. The van der Waals surface area contributed by atoms with Crippen LogP contribution in [0.15, 0.2) is 54.6 Å². The minimum Gasteiger partial charge on any atom is -0.488 e. The number of esters is 1. The minimum atomic E-state index is -0.497. The summed E-state index contributed by atoms with van der Waals surface area (Å²) in [6.45, 7) is 0.342. The van der Waals surface area contributed by atoms with Gasteiger partial charge in [-0.2, -0.15) is 0 Å². The molecule has 0 fully saturated rings. The first-order valence-corrected chi connectivity index (χ1v) is 7.40. The molecule has 0 radical (unpaired) electrons. The maximum absolute atomic E-state index is 11.8. The van der Waals surface area contributed by atoms with Gasteiger partial charge < -0.3 is 9.47 Å². The highest BCUT2D eigenvalue weighted by atomic mass is 35.5. The number of benzene rings is 2. The second kappa shape index (κ2) is 6.67. The predicted molar refractivity (Wildman–Crippen MR) is 88.9 cm³/mol. The van der Waals surface area contributed by atoms with Gasteiger partial charge in [-0.05, 0) is 29.8 Å². The SMILES string of the molecule is COC(=O)c1cc(OCc2cccc(Cl)c2)c2ccccc2n1. The van der Waals surface area contributed by atoms with Crippen LogP contribution in [-0.4, -0.2) is 18.1 Å². The van der Waals surface area contributed by atoms with Crippen LogP contribution in [-0.2, 0) is 11.3 Å². The minimum absolute atomic E-state index is 0.215. The van der Waals surface area contributed by atoms with E-state index in [1.807, 2.05) is 48.5 Å². The van der Waals surface area contributed by atoms with Crippen LogP contribution >= 0.6 is 11.6 Å². The number of hydrogen-bond acceptors (Lipinski definition) is 4. The largest absolute Gasteiger partial charge is 0.488 e. The second-order valence-corrected chi connectivity index (χ2v) is 5.37. The molecule has 3 aromatic rings. The Kier molecular flexibility index (Phi) is 4.44. The van der Waals surface area contributed by atoms with Crippen LogP contribution in [0, 0.1) is 0 Å². The fourth-order valence-corrected chi connectivity index (χ4v) is 2.47. The molecule has 0 saturated carbocycles. The number of methoxy groups -OCH3 is 1. The lowest BCUT2D eigenvalue weighted by atomic mass is 10.1. The van der Waals surface area contributed by atoms with Gasteiger partial charge in [0.2, 0.25) is 0 Å². The van der Waals surface area contributed by atoms with Crippen LogP contribution in [0.4, 0.5) is 0 Å². The quantitative estimate of drug-likeness (QED) is 0.672. The highest BCUT2D eigenvalue weighted by molar-refractivity contribution is 6.30. The number of pyridine rings is 1. The Balaban J connectivity index is 1.96. The molecule has 0 unspecified atom stereocenters. The predicted octanol–water partition coefficient (Wildman–Crippen LogP) is 4.25. The van der Waals surface area contributed by atoms with E-state index in [0.717, 1.165) is 10.9 Å². The number of carbonyl (C=O) groups is 1. The summed E-state index contributed by atoms with van der Waals surface area (Å²) in [4.78, 5) is 16.1. The van der Waals surface area contributed by atoms with E-state index in [4.69, 9.17) is 21.1 Å². The fourth-order valence-electron chi connectivity index (χ4n) is 2.26. The number of rotatable bonds is 4. The first kappa shape index (κ1) is 15.3. The van der Waals surface area contributed by atoms with Gasteiger partial charge in [-0.25, -0.2) is 9.78 Å². The smallest absolute Gasteiger partial charge is 0.356 e. The molecule has 1 heterocycles. The monoisotopic (exact) mass is 327 g/mol. The standard InChI is InChI=1S/C18H14ClNO3/c1-22-18(21)16-10-17(14-7-2-3-8-15(14)20-16)23-11-12-5-4-6-13(19)9-12/h2-10H,11H2,1H3. The van der Waals surface area contributed by atoms with Crippen LogP contribution in [0.3, 0.4) is 0 Å². The zero-order chi connectivity index (χ0) is 16.2. The van der Waals surface area contributed by atoms with Crippen molar-refractivity contribution in [1.29, 1.82) is 0 Å². The van der Waals surface area contributed by atoms with Gasteiger partial charge in [0.1, 0.15) is 12.4 Å². The molecule has 5 heteroatoms. The van der Waals surface area contributed by atoms with Gasteiger partial charge in [0.25, 0.3) is 0 Å². The molecule has 116 valence electrons. The highest BCUT2D eigenvalue weighted by Gasteiger charge is 2.13. The first-order valence-electron chi connectivity index (χ1n) is 7.03. The average molecular weight is 328 g/mol. The van der Waals surface area contributed by atoms with Crippen molar-refractivity contribution >= 4 is 28.5 Å². The number of carbonyl (C=O) groups excluding carboxylic acids is 1. The van der Waals surface area contributed by atoms with Crippen LogP contribution in [0.1, 0.15) is 16.1 Å². The Morgan fingerprint density at radius 2 is 1.96 bits per heavy atom. The normalized spacial score (nSPS) is 10.5. The van der Waals surface area contributed by atoms with Gasteiger partial charge in [0.05, 0.1) is 12.6 Å². The topological polar surface area (TPSA) is 48.4 Å². The Bertz CT molecular complexity index is 864. The van der Waals surface area contributed by atoms with Crippen LogP contribution in [0.5, 0.6) is 5.75 Å². The lowest BCUT2D eigenvalue weighted by Crippen LogP contribution is -2.06. The molecule has 4 nitrogen and oxygen atoms in total. The van der Waals surface area contributed by atoms with Crippen LogP contribution in [0.25, 0.3) is 10.9 Å². The van der Waals surface area contributed by atoms with Gasteiger partial charge in [-0.1, -0.05) is 35.9 Å². The van der Waals surface area contributed by atoms with Gasteiger partial charge in [0, 0.05) is 16.5 Å². The summed E-state index contributed by atoms with van der Waals surface area (Å²) in [7, 11) is 1.33. The number of para-hydroxylation sites is 1. The Morgan fingerprint density at radius 3 is 2.74 bits per heavy atom. The summed E-state index contributed by atoms with van der Waals surface area (Å²) >= 11 is 5.98. The molecule has 0 saturated heterocycles. The molecular formula is C18H14ClNO3. The summed E-state index contributed by atoms with van der Waals surface area (Å²) < 4.78 is 10.6. The van der Waals surface area contributed by atoms with E-state index in [-0.39, 0.29) is 5.69 Å². The average Bonchev–Trinajstić information content (AvgIpc) is 2.58. The molecule has 0 atom stereocenters. The van der Waals surface area contributed by atoms with Gasteiger partial charge in [-0.3, -0.25) is 0 Å². The third-order valence-electron chi connectivity index (χ3n) is 3.36. The molecule has 0 amide bonds. The Morgan fingerprint density at radius 1 is 1.13 bits per heavy atom. The summed E-state index contributed by atoms with van der Waals surface area (Å²) in [5.74, 6) is 0.0827. The number of ether oxygens (including phenoxy) is 2. The molecule has 0 bridgehead atoms. The highest BCUT2D eigenvalue weighted by Crippen LogP contribution is 2.26. The van der Waals surface area contributed by atoms with Crippen molar-refractivity contribution in [3.8, 4) is 5.75 Å². The number of nitrogens with zero attached hydrogens (tertiary/aromatic N) is 1. The molecule has 0 N–H and O–H groups in total. The summed E-state index contributed by atoms with van der Waals surface area (Å²) in [5.41, 5.74) is 1.83. The number of hydrogen-bond donors (Lipinski definition) is 0. The third kappa shape index (κ3) is 3.43. The van der Waals surface area contributed by atoms with Crippen molar-refractivity contribution in [3.63, 3.8) is 0 Å². The van der Waals surface area contributed by atoms with Crippen molar-refractivity contribution in [2.24, 2.45) is 0 Å². The van der Waals surface area contributed by atoms with Crippen LogP contribution in [0.2, 0.25) is 5.02 Å². The zero-order valence-electron chi connectivity index (χ0n) is 12.5. The summed E-state index contributed by atoms with van der Waals surface area (Å²) in [6, 6.07) is 16.5. The van der Waals surface area contributed by atoms with Gasteiger partial charge in [0.15, 0.2) is 5.69 Å². The first-order chi connectivity index (χ1) is 11.2. The molecule has 2 aromatic carbocycles. The Labute approximate surface area is 138 Å². The van der Waals surface area contributed by atoms with Gasteiger partial charge in [-0.15, -0.1) is 0 Å². The number of aromatic nitrogens is 1. The van der Waals surface area contributed by atoms with Crippen molar-refractivity contribution < 1.29 is 14.3 Å². The van der Waals surface area contributed by atoms with E-state index < -0.39 is 5.97 Å². The zero-order valence-corrected chi connectivity index (χ0v) is 13.2. The third-order valence-corrected chi connectivity index (χ3v) is 3.59. The molecule has 3 rings (SSSR count). The van der Waals surface area contributed by atoms with E-state index >= 15 is 0 Å². The van der Waals surface area contributed by atoms with E-state index in [9.17, 15) is 4.79 Å². The molecule has 23 heavy (non-hydrogen) atoms. The van der Waals surface area contributed by atoms with Gasteiger partial charge >= 0.3 is 5.97 Å². The van der Waals surface area contributed by atoms with E-state index in [1.54, 1.807) is 6.07 Å². The molecule has 0 aliphatic rings. The van der Waals surface area contributed by atoms with Crippen molar-refractivity contribution in [2.75, 3.05) is 7.11 Å². The lowest BCUT2D eigenvalue weighted by Gasteiger charge is -2.11. The Hall–Kier alpha value is -2.59. The number of halogens is 1. The maximum atomic E-state index is 11.8. The van der Waals surface area contributed by atoms with Crippen molar-refractivity contribution in [3.05, 3.63) is 70.9 Å². The molecule has 0 aliphatic heterocycles. The molecular weight excluding hydrogens is 314 g/mol. The lowest BCUT2D eigenvalue weighted by molar-refractivity contribution is 0.0594. The van der Waals surface area contributed by atoms with E-state index in [2.05, 4.69) is 4.98 Å². The molecule has 0 spiro atoms. The fraction of sp³-hybridized carbons (Fsp3) is 0.111. The van der Waals surface area contributed by atoms with Crippen molar-refractivity contribution in [2.45, 2.75) is 6.61 Å². The molecule has 1 aromatic heterocycles. The van der Waals surface area contributed by atoms with Crippen molar-refractivity contribution in [1.82, 2.24) is 4.98 Å².